The number of fused-ring (bicyclic) bond motifs is 1. The molecule has 1 aliphatic rings. The van der Waals surface area contributed by atoms with Crippen LogP contribution in [0.3, 0.4) is 0 Å². The van der Waals surface area contributed by atoms with Gasteiger partial charge in [0.25, 0.3) is 0 Å². The predicted molar refractivity (Wildman–Crippen MR) is 85.8 cm³/mol. The van der Waals surface area contributed by atoms with E-state index in [-0.39, 0.29) is 12.3 Å². The Balaban J connectivity index is 1.63. The summed E-state index contributed by atoms with van der Waals surface area (Å²) in [6.45, 7) is 1.11. The molecule has 0 spiro atoms. The molecule has 4 nitrogen and oxygen atoms in total. The quantitative estimate of drug-likeness (QED) is 0.908. The van der Waals surface area contributed by atoms with Crippen molar-refractivity contribution in [2.45, 2.75) is 19.0 Å². The maximum Gasteiger partial charge on any atom is 0.416 e. The molecule has 0 aliphatic carbocycles. The lowest BCUT2D eigenvalue weighted by molar-refractivity contribution is -0.137. The monoisotopic (exact) mass is 351 g/mol. The molecule has 0 bridgehead atoms. The number of ether oxygens (including phenoxy) is 2. The third kappa shape index (κ3) is 4.43. The molecule has 1 heterocycles. The first kappa shape index (κ1) is 17.1. The minimum atomic E-state index is -4.38. The van der Waals surface area contributed by atoms with Crippen LogP contribution in [-0.4, -0.2) is 19.1 Å². The number of carbonyl (C=O) groups is 1. The largest absolute Gasteiger partial charge is 0.490 e. The lowest BCUT2D eigenvalue weighted by Crippen LogP contribution is -2.14. The van der Waals surface area contributed by atoms with E-state index >= 15 is 0 Å². The van der Waals surface area contributed by atoms with Gasteiger partial charge in [0.2, 0.25) is 5.91 Å². The van der Waals surface area contributed by atoms with E-state index in [1.165, 1.54) is 12.1 Å². The van der Waals surface area contributed by atoms with Crippen molar-refractivity contribution in [3.05, 3.63) is 53.6 Å². The summed E-state index contributed by atoms with van der Waals surface area (Å²) >= 11 is 0. The summed E-state index contributed by atoms with van der Waals surface area (Å²) in [6.07, 6.45) is -3.62. The molecule has 1 aliphatic heterocycles. The molecule has 3 rings (SSSR count). The van der Waals surface area contributed by atoms with Gasteiger partial charge in [-0.05, 0) is 29.8 Å². The maximum atomic E-state index is 12.5. The molecule has 0 unspecified atom stereocenters. The summed E-state index contributed by atoms with van der Waals surface area (Å²) in [5, 5.41) is 2.71. The van der Waals surface area contributed by atoms with Crippen molar-refractivity contribution >= 4 is 11.6 Å². The Morgan fingerprint density at radius 3 is 2.36 bits per heavy atom. The van der Waals surface area contributed by atoms with Crippen molar-refractivity contribution in [3.8, 4) is 11.5 Å². The van der Waals surface area contributed by atoms with Crippen molar-refractivity contribution in [2.24, 2.45) is 0 Å². The number of alkyl halides is 3. The summed E-state index contributed by atoms with van der Waals surface area (Å²) in [6, 6.07) is 9.62. The Morgan fingerprint density at radius 1 is 1.00 bits per heavy atom. The first-order chi connectivity index (χ1) is 11.9. The summed E-state index contributed by atoms with van der Waals surface area (Å²) in [7, 11) is 0. The number of benzene rings is 2. The van der Waals surface area contributed by atoms with Gasteiger partial charge in [-0.3, -0.25) is 4.79 Å². The maximum absolute atomic E-state index is 12.5. The molecule has 0 fully saturated rings. The van der Waals surface area contributed by atoms with Crippen LogP contribution in [0.4, 0.5) is 18.9 Å². The second kappa shape index (κ2) is 7.04. The van der Waals surface area contributed by atoms with Gasteiger partial charge in [0.15, 0.2) is 11.5 Å². The summed E-state index contributed by atoms with van der Waals surface area (Å²) in [5.41, 5.74) is 0.306. The minimum Gasteiger partial charge on any atom is -0.490 e. The van der Waals surface area contributed by atoms with Crippen LogP contribution in [0.2, 0.25) is 0 Å². The first-order valence-corrected chi connectivity index (χ1v) is 7.77. The van der Waals surface area contributed by atoms with Crippen molar-refractivity contribution in [2.75, 3.05) is 18.5 Å². The van der Waals surface area contributed by atoms with Gasteiger partial charge in [0, 0.05) is 18.2 Å². The summed E-state index contributed by atoms with van der Waals surface area (Å²) in [4.78, 5) is 12.1. The molecule has 0 saturated heterocycles. The smallest absolute Gasteiger partial charge is 0.416 e. The Morgan fingerprint density at radius 2 is 1.68 bits per heavy atom. The van der Waals surface area contributed by atoms with Gasteiger partial charge in [0.1, 0.15) is 0 Å². The van der Waals surface area contributed by atoms with Crippen molar-refractivity contribution in [1.82, 2.24) is 0 Å². The normalized spacial score (nSPS) is 13.9. The van der Waals surface area contributed by atoms with Gasteiger partial charge in [-0.15, -0.1) is 0 Å². The van der Waals surface area contributed by atoms with E-state index < -0.39 is 11.7 Å². The fourth-order valence-electron chi connectivity index (χ4n) is 2.44. The summed E-state index contributed by atoms with van der Waals surface area (Å²) < 4.78 is 48.7. The van der Waals surface area contributed by atoms with E-state index in [2.05, 4.69) is 5.32 Å². The second-order valence-corrected chi connectivity index (χ2v) is 5.63. The van der Waals surface area contributed by atoms with E-state index in [1.54, 1.807) is 18.2 Å². The van der Waals surface area contributed by atoms with Gasteiger partial charge < -0.3 is 14.8 Å². The van der Waals surface area contributed by atoms with Gasteiger partial charge in [-0.25, -0.2) is 0 Å². The highest BCUT2D eigenvalue weighted by molar-refractivity contribution is 5.92. The van der Waals surface area contributed by atoms with Gasteiger partial charge in [-0.2, -0.15) is 13.2 Å². The van der Waals surface area contributed by atoms with Crippen LogP contribution in [0.1, 0.15) is 17.5 Å². The number of anilines is 1. The van der Waals surface area contributed by atoms with Gasteiger partial charge in [0.05, 0.1) is 25.2 Å². The Kier molecular flexibility index (Phi) is 4.83. The minimum absolute atomic E-state index is 0.0213. The van der Waals surface area contributed by atoms with Crippen molar-refractivity contribution in [1.29, 1.82) is 0 Å². The average molecular weight is 351 g/mol. The third-order valence-electron chi connectivity index (χ3n) is 3.68. The lowest BCUT2D eigenvalue weighted by atomic mass is 10.1. The van der Waals surface area contributed by atoms with Crippen molar-refractivity contribution < 1.29 is 27.4 Å². The Hall–Kier alpha value is -2.70. The van der Waals surface area contributed by atoms with E-state index in [0.29, 0.717) is 36.0 Å². The van der Waals surface area contributed by atoms with Crippen LogP contribution in [0.15, 0.2) is 42.5 Å². The standard InChI is InChI=1S/C18H16F3NO3/c19-18(20,21)13-4-2-12(3-5-13)10-17(23)22-14-6-7-15-16(11-14)25-9-1-8-24-15/h2-7,11H,1,8-10H2,(H,22,23). The number of hydrogen-bond donors (Lipinski definition) is 1. The molecule has 25 heavy (non-hydrogen) atoms. The Bertz CT molecular complexity index is 757. The number of nitrogens with one attached hydrogen (secondary N) is 1. The fourth-order valence-corrected chi connectivity index (χ4v) is 2.44. The van der Waals surface area contributed by atoms with Crippen LogP contribution in [-0.2, 0) is 17.4 Å². The molecule has 0 aromatic heterocycles. The SMILES string of the molecule is O=C(Cc1ccc(C(F)(F)F)cc1)Nc1ccc2c(c1)OCCCO2. The second-order valence-electron chi connectivity index (χ2n) is 5.63. The van der Waals surface area contributed by atoms with Crippen LogP contribution < -0.4 is 14.8 Å². The molecule has 7 heteroatoms. The molecule has 1 amide bonds. The fraction of sp³-hybridized carbons (Fsp3) is 0.278. The highest BCUT2D eigenvalue weighted by Crippen LogP contribution is 2.32. The first-order valence-electron chi connectivity index (χ1n) is 7.77. The zero-order valence-corrected chi connectivity index (χ0v) is 13.2. The topological polar surface area (TPSA) is 47.6 Å². The van der Waals surface area contributed by atoms with E-state index in [4.69, 9.17) is 9.47 Å². The van der Waals surface area contributed by atoms with Crippen LogP contribution >= 0.6 is 0 Å². The average Bonchev–Trinajstić information content (AvgIpc) is 2.79. The van der Waals surface area contributed by atoms with Crippen LogP contribution in [0.25, 0.3) is 0 Å². The molecule has 132 valence electrons. The number of carbonyl (C=O) groups excluding carboxylic acids is 1. The number of hydrogen-bond acceptors (Lipinski definition) is 3. The zero-order valence-electron chi connectivity index (χ0n) is 13.2. The third-order valence-corrected chi connectivity index (χ3v) is 3.68. The van der Waals surface area contributed by atoms with E-state index in [9.17, 15) is 18.0 Å². The zero-order chi connectivity index (χ0) is 17.9. The van der Waals surface area contributed by atoms with Gasteiger partial charge >= 0.3 is 6.18 Å². The van der Waals surface area contributed by atoms with E-state index in [1.807, 2.05) is 0 Å². The van der Waals surface area contributed by atoms with E-state index in [0.717, 1.165) is 18.6 Å². The molecular formula is C18H16F3NO3. The van der Waals surface area contributed by atoms with Crippen LogP contribution in [0.5, 0.6) is 11.5 Å². The molecule has 0 saturated carbocycles. The van der Waals surface area contributed by atoms with Crippen LogP contribution in [0, 0.1) is 0 Å². The number of rotatable bonds is 3. The highest BCUT2D eigenvalue weighted by Gasteiger charge is 2.29. The number of amides is 1. The molecule has 0 atom stereocenters. The highest BCUT2D eigenvalue weighted by atomic mass is 19.4. The molecular weight excluding hydrogens is 335 g/mol. The molecule has 1 N–H and O–H groups in total. The Labute approximate surface area is 142 Å². The number of halogens is 3. The predicted octanol–water partition coefficient (Wildman–Crippen LogP) is 4.05. The lowest BCUT2D eigenvalue weighted by Gasteiger charge is -2.11. The molecule has 0 radical (unpaired) electrons. The van der Waals surface area contributed by atoms with Crippen molar-refractivity contribution in [3.63, 3.8) is 0 Å². The summed E-state index contributed by atoms with van der Waals surface area (Å²) in [5.74, 6) is 0.859. The van der Waals surface area contributed by atoms with Gasteiger partial charge in [-0.1, -0.05) is 12.1 Å². The molecule has 2 aromatic carbocycles. The molecule has 2 aromatic rings.